The molecule has 2 aromatic heterocycles. The molecule has 1 aliphatic rings. The van der Waals surface area contributed by atoms with Crippen LogP contribution in [0.5, 0.6) is 0 Å². The number of nitrogens with two attached hydrogens (primary N) is 1. The van der Waals surface area contributed by atoms with E-state index < -0.39 is 15.8 Å². The van der Waals surface area contributed by atoms with Gasteiger partial charge >= 0.3 is 0 Å². The fraction of sp³-hybridized carbons (Fsp3) is 0.500. The van der Waals surface area contributed by atoms with Gasteiger partial charge in [-0.3, -0.25) is 0 Å². The maximum Gasteiger partial charge on any atom is 0.238 e. The van der Waals surface area contributed by atoms with E-state index in [-0.39, 0.29) is 33.4 Å². The molecule has 0 aliphatic heterocycles. The number of hydrogen-bond donors (Lipinski definition) is 2. The lowest BCUT2D eigenvalue weighted by molar-refractivity contribution is 0.356. The van der Waals surface area contributed by atoms with Gasteiger partial charge in [0.2, 0.25) is 10.0 Å². The van der Waals surface area contributed by atoms with E-state index in [4.69, 9.17) is 15.2 Å². The highest BCUT2D eigenvalue weighted by Gasteiger charge is 2.33. The van der Waals surface area contributed by atoms with E-state index in [9.17, 15) is 12.8 Å². The van der Waals surface area contributed by atoms with Gasteiger partial charge in [0, 0.05) is 35.2 Å². The van der Waals surface area contributed by atoms with Crippen molar-refractivity contribution < 1.29 is 12.8 Å². The zero-order valence-electron chi connectivity index (χ0n) is 21.7. The second kappa shape index (κ2) is 9.23. The summed E-state index contributed by atoms with van der Waals surface area (Å²) in [5, 5.41) is 13.1. The lowest BCUT2D eigenvalue weighted by Crippen LogP contribution is -2.25. The molecule has 2 atom stereocenters. The summed E-state index contributed by atoms with van der Waals surface area (Å²) in [4.78, 5) is 9.16. The number of halogens is 1. The molecule has 0 spiro atoms. The highest BCUT2D eigenvalue weighted by Crippen LogP contribution is 2.43. The topological polar surface area (TPSA) is 116 Å². The van der Waals surface area contributed by atoms with Crippen LogP contribution < -0.4 is 10.5 Å². The Morgan fingerprint density at radius 2 is 1.75 bits per heavy atom. The third kappa shape index (κ3) is 5.59. The van der Waals surface area contributed by atoms with Crippen LogP contribution in [0.1, 0.15) is 89.9 Å². The second-order valence-corrected chi connectivity index (χ2v) is 13.2. The molecule has 1 fully saturated rings. The van der Waals surface area contributed by atoms with Gasteiger partial charge in [0.25, 0.3) is 0 Å². The van der Waals surface area contributed by atoms with Crippen LogP contribution in [0.25, 0.3) is 0 Å². The highest BCUT2D eigenvalue weighted by atomic mass is 32.2. The van der Waals surface area contributed by atoms with Gasteiger partial charge in [-0.25, -0.2) is 32.6 Å². The molecular formula is C26H35FN6O2S. The molecule has 1 aliphatic carbocycles. The zero-order valence-corrected chi connectivity index (χ0v) is 22.5. The SMILES string of the molecule is CC(C)(C)c1ccnc(C2CCC(c3cc(Nc4ccc(S(N)(=O)=O)cc4F)n(C(C)(C)C)n3)C2)n1. The van der Waals surface area contributed by atoms with Gasteiger partial charge in [0.05, 0.1) is 21.8 Å². The van der Waals surface area contributed by atoms with Crippen molar-refractivity contribution >= 4 is 21.5 Å². The van der Waals surface area contributed by atoms with Gasteiger partial charge in [-0.15, -0.1) is 0 Å². The molecule has 0 amide bonds. The third-order valence-electron chi connectivity index (χ3n) is 6.55. The molecule has 36 heavy (non-hydrogen) atoms. The average Bonchev–Trinajstić information content (AvgIpc) is 3.41. The number of anilines is 2. The monoisotopic (exact) mass is 514 g/mol. The van der Waals surface area contributed by atoms with Gasteiger partial charge < -0.3 is 5.32 Å². The minimum Gasteiger partial charge on any atom is -0.338 e. The van der Waals surface area contributed by atoms with Crippen molar-refractivity contribution in [1.29, 1.82) is 0 Å². The van der Waals surface area contributed by atoms with Crippen LogP contribution in [0.15, 0.2) is 41.4 Å². The maximum atomic E-state index is 14.7. The molecule has 2 unspecified atom stereocenters. The standard InChI is InChI=1S/C26H35FN6O2S/c1-25(2,3)22-11-12-29-24(31-22)17-8-7-16(13-17)21-15-23(33(32-21)26(4,5)6)30-20-10-9-18(14-19(20)27)36(28,34)35/h9-12,14-17,30H,7-8,13H2,1-6H3,(H2,28,34,35). The maximum absolute atomic E-state index is 14.7. The fourth-order valence-corrected chi connectivity index (χ4v) is 5.11. The van der Waals surface area contributed by atoms with Crippen LogP contribution in [0.4, 0.5) is 15.9 Å². The zero-order chi connectivity index (χ0) is 26.5. The Balaban J connectivity index is 1.60. The minimum atomic E-state index is -3.99. The van der Waals surface area contributed by atoms with E-state index in [1.54, 1.807) is 0 Å². The molecule has 3 aromatic rings. The summed E-state index contributed by atoms with van der Waals surface area (Å²) in [6.45, 7) is 12.5. The van der Waals surface area contributed by atoms with E-state index in [0.717, 1.165) is 42.5 Å². The first-order valence-corrected chi connectivity index (χ1v) is 13.7. The molecule has 194 valence electrons. The number of nitrogens with zero attached hydrogens (tertiary/aromatic N) is 4. The van der Waals surface area contributed by atoms with Crippen LogP contribution >= 0.6 is 0 Å². The Morgan fingerprint density at radius 3 is 2.36 bits per heavy atom. The van der Waals surface area contributed by atoms with E-state index in [1.807, 2.05) is 43.8 Å². The van der Waals surface area contributed by atoms with Crippen molar-refractivity contribution in [2.24, 2.45) is 5.14 Å². The average molecular weight is 515 g/mol. The summed E-state index contributed by atoms with van der Waals surface area (Å²) >= 11 is 0. The first-order chi connectivity index (χ1) is 16.6. The van der Waals surface area contributed by atoms with Crippen LogP contribution in [0.3, 0.4) is 0 Å². The Hall–Kier alpha value is -2.85. The Labute approximate surface area is 212 Å². The van der Waals surface area contributed by atoms with Crippen LogP contribution in [-0.4, -0.2) is 28.2 Å². The first kappa shape index (κ1) is 26.2. The predicted octanol–water partition coefficient (Wildman–Crippen LogP) is 5.31. The van der Waals surface area contributed by atoms with Crippen LogP contribution in [0, 0.1) is 5.82 Å². The van der Waals surface area contributed by atoms with Crippen molar-refractivity contribution in [2.75, 3.05) is 5.32 Å². The molecule has 0 saturated heterocycles. The highest BCUT2D eigenvalue weighted by molar-refractivity contribution is 7.89. The quantitative estimate of drug-likeness (QED) is 0.477. The number of aromatic nitrogens is 4. The molecule has 0 bridgehead atoms. The fourth-order valence-electron chi connectivity index (χ4n) is 4.58. The number of rotatable bonds is 5. The van der Waals surface area contributed by atoms with Crippen molar-refractivity contribution in [2.45, 2.75) is 88.5 Å². The number of hydrogen-bond acceptors (Lipinski definition) is 6. The minimum absolute atomic E-state index is 0.0381. The molecule has 3 N–H and O–H groups in total. The molecule has 1 aromatic carbocycles. The van der Waals surface area contributed by atoms with Gasteiger partial charge in [-0.05, 0) is 64.3 Å². The molecule has 0 radical (unpaired) electrons. The van der Waals surface area contributed by atoms with E-state index in [1.165, 1.54) is 12.1 Å². The molecular weight excluding hydrogens is 479 g/mol. The summed E-state index contributed by atoms with van der Waals surface area (Å²) in [5.74, 6) is 1.30. The second-order valence-electron chi connectivity index (χ2n) is 11.6. The molecule has 4 rings (SSSR count). The summed E-state index contributed by atoms with van der Waals surface area (Å²) in [5.41, 5.74) is 1.72. The van der Waals surface area contributed by atoms with Gasteiger partial charge in [-0.2, -0.15) is 5.10 Å². The van der Waals surface area contributed by atoms with Crippen molar-refractivity contribution in [1.82, 2.24) is 19.7 Å². The Kier molecular flexibility index (Phi) is 6.72. The van der Waals surface area contributed by atoms with Crippen molar-refractivity contribution in [3.63, 3.8) is 0 Å². The number of benzene rings is 1. The third-order valence-corrected chi connectivity index (χ3v) is 7.47. The van der Waals surface area contributed by atoms with Crippen molar-refractivity contribution in [3.8, 4) is 0 Å². The molecule has 10 heteroatoms. The van der Waals surface area contributed by atoms with Gasteiger partial charge in [0.1, 0.15) is 17.5 Å². The molecule has 8 nitrogen and oxygen atoms in total. The largest absolute Gasteiger partial charge is 0.338 e. The Morgan fingerprint density at radius 1 is 1.06 bits per heavy atom. The lowest BCUT2D eigenvalue weighted by Gasteiger charge is -2.23. The summed E-state index contributed by atoms with van der Waals surface area (Å²) in [6, 6.07) is 7.52. The summed E-state index contributed by atoms with van der Waals surface area (Å²) < 4.78 is 39.7. The van der Waals surface area contributed by atoms with E-state index in [0.29, 0.717) is 5.82 Å². The first-order valence-electron chi connectivity index (χ1n) is 12.2. The Bertz CT molecular complexity index is 1370. The van der Waals surface area contributed by atoms with E-state index >= 15 is 0 Å². The van der Waals surface area contributed by atoms with Crippen LogP contribution in [-0.2, 0) is 21.0 Å². The van der Waals surface area contributed by atoms with Gasteiger partial charge in [0.15, 0.2) is 0 Å². The predicted molar refractivity (Wildman–Crippen MR) is 138 cm³/mol. The van der Waals surface area contributed by atoms with E-state index in [2.05, 4.69) is 31.1 Å². The van der Waals surface area contributed by atoms with Gasteiger partial charge in [-0.1, -0.05) is 20.8 Å². The normalized spacial score (nSPS) is 19.0. The van der Waals surface area contributed by atoms with Crippen molar-refractivity contribution in [3.05, 3.63) is 59.6 Å². The smallest absolute Gasteiger partial charge is 0.238 e. The summed E-state index contributed by atoms with van der Waals surface area (Å²) in [6.07, 6.45) is 4.69. The number of nitrogens with one attached hydrogen (secondary N) is 1. The molecule has 1 saturated carbocycles. The number of sulfonamides is 1. The molecule has 2 heterocycles. The lowest BCUT2D eigenvalue weighted by atomic mass is 9.91. The number of primary sulfonamides is 1. The van der Waals surface area contributed by atoms with Crippen LogP contribution in [0.2, 0.25) is 0 Å². The summed E-state index contributed by atoms with van der Waals surface area (Å²) in [7, 11) is -3.99.